The van der Waals surface area contributed by atoms with E-state index in [1.807, 2.05) is 36.4 Å². The number of hydrogen-bond donors (Lipinski definition) is 2. The third-order valence-corrected chi connectivity index (χ3v) is 5.32. The van der Waals surface area contributed by atoms with Gasteiger partial charge in [-0.15, -0.1) is 10.2 Å². The van der Waals surface area contributed by atoms with Gasteiger partial charge < -0.3 is 15.8 Å². The SMILES string of the molecule is CCc1nnc2c(NCCCCC(C(N)=O)C(C)C)nc3cc(OC)ccc3n12. The fourth-order valence-electron chi connectivity index (χ4n) is 3.65. The van der Waals surface area contributed by atoms with Gasteiger partial charge in [-0.1, -0.05) is 27.2 Å². The van der Waals surface area contributed by atoms with Crippen molar-refractivity contribution in [2.24, 2.45) is 17.6 Å². The number of carbonyl (C=O) groups is 1. The number of nitrogens with two attached hydrogens (primary N) is 1. The lowest BCUT2D eigenvalue weighted by molar-refractivity contribution is -0.123. The Balaban J connectivity index is 1.78. The van der Waals surface area contributed by atoms with Crippen LogP contribution in [0.1, 0.15) is 45.9 Å². The lowest BCUT2D eigenvalue weighted by Crippen LogP contribution is -2.27. The van der Waals surface area contributed by atoms with Crippen LogP contribution in [0.4, 0.5) is 5.82 Å². The zero-order valence-corrected chi connectivity index (χ0v) is 17.6. The molecule has 0 aliphatic rings. The Labute approximate surface area is 170 Å². The number of fused-ring (bicyclic) bond motifs is 3. The van der Waals surface area contributed by atoms with E-state index >= 15 is 0 Å². The molecule has 0 saturated carbocycles. The average Bonchev–Trinajstić information content (AvgIpc) is 3.14. The molecule has 2 aromatic heterocycles. The second kappa shape index (κ2) is 9.07. The number of nitrogens with zero attached hydrogens (tertiary/aromatic N) is 4. The van der Waals surface area contributed by atoms with E-state index in [-0.39, 0.29) is 17.7 Å². The van der Waals surface area contributed by atoms with Gasteiger partial charge in [0.1, 0.15) is 11.6 Å². The summed E-state index contributed by atoms with van der Waals surface area (Å²) >= 11 is 0. The molecule has 0 fully saturated rings. The van der Waals surface area contributed by atoms with Crippen LogP contribution in [0.3, 0.4) is 0 Å². The maximum atomic E-state index is 11.5. The van der Waals surface area contributed by atoms with E-state index in [1.54, 1.807) is 7.11 Å². The minimum atomic E-state index is -0.213. The maximum Gasteiger partial charge on any atom is 0.220 e. The van der Waals surface area contributed by atoms with Gasteiger partial charge in [-0.05, 0) is 30.9 Å². The lowest BCUT2D eigenvalue weighted by Gasteiger charge is -2.17. The molecule has 3 aromatic rings. The summed E-state index contributed by atoms with van der Waals surface area (Å²) < 4.78 is 7.40. The van der Waals surface area contributed by atoms with Crippen LogP contribution in [-0.2, 0) is 11.2 Å². The molecule has 1 aromatic carbocycles. The largest absolute Gasteiger partial charge is 0.497 e. The monoisotopic (exact) mass is 398 g/mol. The summed E-state index contributed by atoms with van der Waals surface area (Å²) in [6, 6.07) is 5.82. The number of methoxy groups -OCH3 is 1. The summed E-state index contributed by atoms with van der Waals surface area (Å²) in [5, 5.41) is 12.1. The predicted molar refractivity (Wildman–Crippen MR) is 114 cm³/mol. The number of aromatic nitrogens is 4. The van der Waals surface area contributed by atoms with Gasteiger partial charge in [0, 0.05) is 24.9 Å². The Kier molecular flexibility index (Phi) is 6.51. The Morgan fingerprint density at radius 2 is 2.07 bits per heavy atom. The number of aryl methyl sites for hydroxylation is 1. The molecular formula is C21H30N6O2. The molecule has 2 heterocycles. The standard InChI is InChI=1S/C21H30N6O2/c1-5-18-25-26-21-20(23-11-7-6-8-15(13(2)3)19(22)28)24-16-12-14(29-4)9-10-17(16)27(18)21/h9-10,12-13,15H,5-8,11H2,1-4H3,(H2,22,28)(H,23,24). The van der Waals surface area contributed by atoms with Gasteiger partial charge in [0.15, 0.2) is 5.82 Å². The number of nitrogens with one attached hydrogen (secondary N) is 1. The summed E-state index contributed by atoms with van der Waals surface area (Å²) in [5.41, 5.74) is 8.00. The van der Waals surface area contributed by atoms with Crippen molar-refractivity contribution in [3.05, 3.63) is 24.0 Å². The van der Waals surface area contributed by atoms with Crippen LogP contribution in [0.15, 0.2) is 18.2 Å². The van der Waals surface area contributed by atoms with Crippen LogP contribution in [0.25, 0.3) is 16.7 Å². The number of amides is 1. The molecule has 8 heteroatoms. The number of primary amides is 1. The van der Waals surface area contributed by atoms with Crippen LogP contribution in [0, 0.1) is 11.8 Å². The highest BCUT2D eigenvalue weighted by Crippen LogP contribution is 2.25. The number of ether oxygens (including phenoxy) is 1. The first kappa shape index (κ1) is 20.8. The van der Waals surface area contributed by atoms with E-state index in [9.17, 15) is 4.79 Å². The second-order valence-corrected chi connectivity index (χ2v) is 7.62. The third kappa shape index (κ3) is 4.41. The molecule has 29 heavy (non-hydrogen) atoms. The van der Waals surface area contributed by atoms with E-state index < -0.39 is 0 Å². The minimum Gasteiger partial charge on any atom is -0.497 e. The lowest BCUT2D eigenvalue weighted by atomic mass is 9.90. The van der Waals surface area contributed by atoms with Gasteiger partial charge in [-0.2, -0.15) is 0 Å². The van der Waals surface area contributed by atoms with Crippen LogP contribution in [0.5, 0.6) is 5.75 Å². The zero-order valence-electron chi connectivity index (χ0n) is 17.6. The first-order valence-electron chi connectivity index (χ1n) is 10.2. The molecule has 0 spiro atoms. The van der Waals surface area contributed by atoms with Crippen molar-refractivity contribution in [2.45, 2.75) is 46.5 Å². The van der Waals surface area contributed by atoms with Gasteiger partial charge in [0.25, 0.3) is 0 Å². The Morgan fingerprint density at radius 1 is 1.28 bits per heavy atom. The van der Waals surface area contributed by atoms with Gasteiger partial charge in [-0.3, -0.25) is 9.20 Å². The topological polar surface area (TPSA) is 107 Å². The molecule has 1 unspecified atom stereocenters. The summed E-state index contributed by atoms with van der Waals surface area (Å²) in [7, 11) is 1.64. The van der Waals surface area contributed by atoms with Crippen LogP contribution in [-0.4, -0.2) is 39.1 Å². The number of anilines is 1. The summed E-state index contributed by atoms with van der Waals surface area (Å²) in [5.74, 6) is 2.33. The van der Waals surface area contributed by atoms with Crippen molar-refractivity contribution in [2.75, 3.05) is 19.0 Å². The predicted octanol–water partition coefficient (Wildman–Crippen LogP) is 3.19. The van der Waals surface area contributed by atoms with Crippen LogP contribution >= 0.6 is 0 Å². The van der Waals surface area contributed by atoms with Crippen molar-refractivity contribution < 1.29 is 9.53 Å². The smallest absolute Gasteiger partial charge is 0.220 e. The van der Waals surface area contributed by atoms with Crippen molar-refractivity contribution in [1.82, 2.24) is 19.6 Å². The van der Waals surface area contributed by atoms with Crippen molar-refractivity contribution >= 4 is 28.4 Å². The van der Waals surface area contributed by atoms with Crippen LogP contribution < -0.4 is 15.8 Å². The van der Waals surface area contributed by atoms with E-state index in [0.717, 1.165) is 60.5 Å². The van der Waals surface area contributed by atoms with E-state index in [1.165, 1.54) is 0 Å². The van der Waals surface area contributed by atoms with Crippen LogP contribution in [0.2, 0.25) is 0 Å². The molecule has 3 N–H and O–H groups in total. The Morgan fingerprint density at radius 3 is 2.72 bits per heavy atom. The molecule has 8 nitrogen and oxygen atoms in total. The number of benzene rings is 1. The van der Waals surface area contributed by atoms with Gasteiger partial charge in [0.05, 0.1) is 18.1 Å². The Hall–Kier alpha value is -2.90. The average molecular weight is 399 g/mol. The fraction of sp³-hybridized carbons (Fsp3) is 0.524. The highest BCUT2D eigenvalue weighted by molar-refractivity contribution is 5.84. The Bertz CT molecular complexity index is 998. The molecule has 156 valence electrons. The van der Waals surface area contributed by atoms with Crippen molar-refractivity contribution in [3.8, 4) is 5.75 Å². The molecule has 0 aliphatic heterocycles. The zero-order chi connectivity index (χ0) is 21.0. The fourth-order valence-corrected chi connectivity index (χ4v) is 3.65. The van der Waals surface area contributed by atoms with E-state index in [0.29, 0.717) is 5.82 Å². The first-order valence-corrected chi connectivity index (χ1v) is 10.2. The second-order valence-electron chi connectivity index (χ2n) is 7.62. The molecular weight excluding hydrogens is 368 g/mol. The van der Waals surface area contributed by atoms with Crippen molar-refractivity contribution in [3.63, 3.8) is 0 Å². The summed E-state index contributed by atoms with van der Waals surface area (Å²) in [6.45, 7) is 6.86. The molecule has 0 aliphatic carbocycles. The normalized spacial score (nSPS) is 12.6. The number of hydrogen-bond acceptors (Lipinski definition) is 6. The molecule has 1 atom stereocenters. The maximum absolute atomic E-state index is 11.5. The highest BCUT2D eigenvalue weighted by Gasteiger charge is 2.19. The minimum absolute atomic E-state index is 0.0726. The quantitative estimate of drug-likeness (QED) is 0.508. The summed E-state index contributed by atoms with van der Waals surface area (Å²) in [4.78, 5) is 16.3. The third-order valence-electron chi connectivity index (χ3n) is 5.32. The van der Waals surface area contributed by atoms with Gasteiger partial charge in [-0.25, -0.2) is 4.98 Å². The molecule has 0 bridgehead atoms. The van der Waals surface area contributed by atoms with Gasteiger partial charge >= 0.3 is 0 Å². The number of carbonyl (C=O) groups excluding carboxylic acids is 1. The molecule has 1 amide bonds. The van der Waals surface area contributed by atoms with E-state index in [4.69, 9.17) is 15.5 Å². The molecule has 3 rings (SSSR count). The number of unbranched alkanes of at least 4 members (excludes halogenated alkanes) is 1. The van der Waals surface area contributed by atoms with E-state index in [2.05, 4.69) is 22.4 Å². The molecule has 0 radical (unpaired) electrons. The highest BCUT2D eigenvalue weighted by atomic mass is 16.5. The summed E-state index contributed by atoms with van der Waals surface area (Å²) in [6.07, 6.45) is 3.41. The molecule has 0 saturated heterocycles. The first-order chi connectivity index (χ1) is 14.0. The van der Waals surface area contributed by atoms with Crippen molar-refractivity contribution in [1.29, 1.82) is 0 Å². The number of rotatable bonds is 10. The van der Waals surface area contributed by atoms with Gasteiger partial charge in [0.2, 0.25) is 11.6 Å².